The van der Waals surface area contributed by atoms with Crippen LogP contribution in [0.2, 0.25) is 0 Å². The van der Waals surface area contributed by atoms with Gasteiger partial charge >= 0.3 is 0 Å². The average molecular weight is 296 g/mol. The number of hydrogen-bond donors (Lipinski definition) is 0. The zero-order chi connectivity index (χ0) is 12.4. The van der Waals surface area contributed by atoms with Gasteiger partial charge in [-0.3, -0.25) is 0 Å². The van der Waals surface area contributed by atoms with E-state index in [0.29, 0.717) is 12.6 Å². The summed E-state index contributed by atoms with van der Waals surface area (Å²) >= 11 is 3.53. The molecule has 0 saturated carbocycles. The summed E-state index contributed by atoms with van der Waals surface area (Å²) in [5.74, 6) is 0. The minimum Gasteiger partial charge on any atom is -0.376 e. The van der Waals surface area contributed by atoms with Gasteiger partial charge in [-0.2, -0.15) is 0 Å². The van der Waals surface area contributed by atoms with Crippen molar-refractivity contribution in [1.29, 1.82) is 0 Å². The molecule has 0 atom stereocenters. The molecule has 0 fully saturated rings. The summed E-state index contributed by atoms with van der Waals surface area (Å²) in [6, 6.07) is 9.06. The Morgan fingerprint density at radius 3 is 2.71 bits per heavy atom. The third-order valence-electron chi connectivity index (χ3n) is 2.85. The maximum Gasteiger partial charge on any atom is 0.0868 e. The van der Waals surface area contributed by atoms with Crippen molar-refractivity contribution in [3.8, 4) is 0 Å². The van der Waals surface area contributed by atoms with Crippen LogP contribution in [0, 0.1) is 0 Å². The van der Waals surface area contributed by atoms with Crippen molar-refractivity contribution in [2.75, 3.05) is 6.61 Å². The maximum absolute atomic E-state index is 5.54. The molecule has 1 heterocycles. The smallest absolute Gasteiger partial charge is 0.0868 e. The fourth-order valence-electron chi connectivity index (χ4n) is 2.18. The fourth-order valence-corrected chi connectivity index (χ4v) is 2.53. The molecule has 1 aromatic heterocycles. The zero-order valence-corrected chi connectivity index (χ0v) is 12.1. The van der Waals surface area contributed by atoms with Gasteiger partial charge in [0.05, 0.1) is 6.61 Å². The molecule has 0 saturated heterocycles. The Morgan fingerprint density at radius 1 is 1.29 bits per heavy atom. The number of nitrogens with zero attached hydrogens (tertiary/aromatic N) is 1. The SMILES string of the molecule is CCOCc1cc2ccc(Br)cc2n1C(C)C. The first-order chi connectivity index (χ1) is 8.13. The highest BCUT2D eigenvalue weighted by Crippen LogP contribution is 2.27. The van der Waals surface area contributed by atoms with E-state index in [2.05, 4.69) is 58.6 Å². The van der Waals surface area contributed by atoms with Crippen LogP contribution in [0.3, 0.4) is 0 Å². The molecule has 0 aliphatic rings. The second-order valence-corrected chi connectivity index (χ2v) is 5.36. The van der Waals surface area contributed by atoms with Crippen LogP contribution in [0.4, 0.5) is 0 Å². The molecule has 2 aromatic rings. The predicted molar refractivity (Wildman–Crippen MR) is 75.4 cm³/mol. The number of aromatic nitrogens is 1. The Morgan fingerprint density at radius 2 is 2.06 bits per heavy atom. The number of rotatable bonds is 4. The predicted octanol–water partition coefficient (Wildman–Crippen LogP) is 4.52. The number of fused-ring (bicyclic) bond motifs is 1. The van der Waals surface area contributed by atoms with Crippen molar-refractivity contribution in [1.82, 2.24) is 4.57 Å². The second-order valence-electron chi connectivity index (χ2n) is 4.44. The number of halogens is 1. The fraction of sp³-hybridized carbons (Fsp3) is 0.429. The van der Waals surface area contributed by atoms with Gasteiger partial charge in [-0.25, -0.2) is 0 Å². The molecule has 2 nitrogen and oxygen atoms in total. The third-order valence-corrected chi connectivity index (χ3v) is 3.35. The Kier molecular flexibility index (Phi) is 3.89. The number of hydrogen-bond acceptors (Lipinski definition) is 1. The van der Waals surface area contributed by atoms with Gasteiger partial charge in [-0.15, -0.1) is 0 Å². The molecule has 3 heteroatoms. The Bertz CT molecular complexity index is 516. The summed E-state index contributed by atoms with van der Waals surface area (Å²) in [6.07, 6.45) is 0. The quantitative estimate of drug-likeness (QED) is 0.809. The first-order valence-corrected chi connectivity index (χ1v) is 6.80. The molecule has 0 aliphatic heterocycles. The lowest BCUT2D eigenvalue weighted by molar-refractivity contribution is 0.128. The molecule has 0 bridgehead atoms. The molecule has 0 aliphatic carbocycles. The molecule has 17 heavy (non-hydrogen) atoms. The molecule has 1 aromatic carbocycles. The van der Waals surface area contributed by atoms with Gasteiger partial charge in [-0.05, 0) is 39.0 Å². The molecule has 92 valence electrons. The van der Waals surface area contributed by atoms with E-state index in [9.17, 15) is 0 Å². The number of benzene rings is 1. The van der Waals surface area contributed by atoms with E-state index >= 15 is 0 Å². The van der Waals surface area contributed by atoms with Crippen molar-refractivity contribution in [3.05, 3.63) is 34.4 Å². The lowest BCUT2D eigenvalue weighted by Crippen LogP contribution is -2.06. The van der Waals surface area contributed by atoms with Gasteiger partial charge in [-0.1, -0.05) is 22.0 Å². The number of ether oxygens (including phenoxy) is 1. The van der Waals surface area contributed by atoms with Gasteiger partial charge in [0, 0.05) is 33.7 Å². The molecule has 2 rings (SSSR count). The summed E-state index contributed by atoms with van der Waals surface area (Å²) in [6.45, 7) is 7.87. The van der Waals surface area contributed by atoms with Crippen molar-refractivity contribution in [2.45, 2.75) is 33.4 Å². The molecule has 0 radical (unpaired) electrons. The van der Waals surface area contributed by atoms with E-state index in [1.165, 1.54) is 16.6 Å². The standard InChI is InChI=1S/C14H18BrNO/c1-4-17-9-13-7-11-5-6-12(15)8-14(11)16(13)10(2)3/h5-8,10H,4,9H2,1-3H3. The van der Waals surface area contributed by atoms with Crippen molar-refractivity contribution < 1.29 is 4.74 Å². The first-order valence-electron chi connectivity index (χ1n) is 6.00. The van der Waals surface area contributed by atoms with Gasteiger partial charge < -0.3 is 9.30 Å². The van der Waals surface area contributed by atoms with Gasteiger partial charge in [0.2, 0.25) is 0 Å². The Balaban J connectivity index is 2.54. The minimum atomic E-state index is 0.442. The minimum absolute atomic E-state index is 0.442. The van der Waals surface area contributed by atoms with Crippen LogP contribution in [0.5, 0.6) is 0 Å². The maximum atomic E-state index is 5.54. The van der Waals surface area contributed by atoms with Crippen molar-refractivity contribution >= 4 is 26.8 Å². The van der Waals surface area contributed by atoms with Crippen LogP contribution in [-0.2, 0) is 11.3 Å². The molecular formula is C14H18BrNO. The van der Waals surface area contributed by atoms with Crippen molar-refractivity contribution in [3.63, 3.8) is 0 Å². The monoisotopic (exact) mass is 295 g/mol. The molecule has 0 spiro atoms. The summed E-state index contributed by atoms with van der Waals surface area (Å²) < 4.78 is 9.00. The highest BCUT2D eigenvalue weighted by atomic mass is 79.9. The Hall–Kier alpha value is -0.800. The van der Waals surface area contributed by atoms with Crippen LogP contribution in [0.15, 0.2) is 28.7 Å². The van der Waals surface area contributed by atoms with Gasteiger partial charge in [0.25, 0.3) is 0 Å². The van der Waals surface area contributed by atoms with E-state index in [1.54, 1.807) is 0 Å². The highest BCUT2D eigenvalue weighted by molar-refractivity contribution is 9.10. The largest absolute Gasteiger partial charge is 0.376 e. The lowest BCUT2D eigenvalue weighted by Gasteiger charge is -2.14. The van der Waals surface area contributed by atoms with Crippen LogP contribution < -0.4 is 0 Å². The van der Waals surface area contributed by atoms with Gasteiger partial charge in [0.1, 0.15) is 0 Å². The van der Waals surface area contributed by atoms with E-state index in [1.807, 2.05) is 6.92 Å². The summed E-state index contributed by atoms with van der Waals surface area (Å²) in [5.41, 5.74) is 2.51. The topological polar surface area (TPSA) is 14.2 Å². The summed E-state index contributed by atoms with van der Waals surface area (Å²) in [5, 5.41) is 1.27. The van der Waals surface area contributed by atoms with Crippen LogP contribution >= 0.6 is 15.9 Å². The van der Waals surface area contributed by atoms with Gasteiger partial charge in [0.15, 0.2) is 0 Å². The Labute approximate surface area is 111 Å². The lowest BCUT2D eigenvalue weighted by atomic mass is 10.2. The first kappa shape index (κ1) is 12.7. The third kappa shape index (κ3) is 2.55. The average Bonchev–Trinajstić information content (AvgIpc) is 2.63. The summed E-state index contributed by atoms with van der Waals surface area (Å²) in [4.78, 5) is 0. The molecule has 0 amide bonds. The van der Waals surface area contributed by atoms with E-state index < -0.39 is 0 Å². The molecule has 0 N–H and O–H groups in total. The van der Waals surface area contributed by atoms with E-state index in [4.69, 9.17) is 4.74 Å². The molecule has 0 unspecified atom stereocenters. The van der Waals surface area contributed by atoms with Crippen LogP contribution in [-0.4, -0.2) is 11.2 Å². The van der Waals surface area contributed by atoms with Crippen LogP contribution in [0.1, 0.15) is 32.5 Å². The molecular weight excluding hydrogens is 278 g/mol. The van der Waals surface area contributed by atoms with Crippen molar-refractivity contribution in [2.24, 2.45) is 0 Å². The highest BCUT2D eigenvalue weighted by Gasteiger charge is 2.11. The zero-order valence-electron chi connectivity index (χ0n) is 10.5. The van der Waals surface area contributed by atoms with Crippen LogP contribution in [0.25, 0.3) is 10.9 Å². The second kappa shape index (κ2) is 5.23. The van der Waals surface area contributed by atoms with E-state index in [-0.39, 0.29) is 0 Å². The van der Waals surface area contributed by atoms with E-state index in [0.717, 1.165) is 11.1 Å². The normalized spacial score (nSPS) is 11.6. The summed E-state index contributed by atoms with van der Waals surface area (Å²) in [7, 11) is 0.